The van der Waals surface area contributed by atoms with Crippen LogP contribution in [0.25, 0.3) is 0 Å². The Kier molecular flexibility index (Phi) is 4.55. The summed E-state index contributed by atoms with van der Waals surface area (Å²) in [7, 11) is 0. The van der Waals surface area contributed by atoms with Crippen molar-refractivity contribution in [2.24, 2.45) is 5.41 Å². The third-order valence-corrected chi connectivity index (χ3v) is 4.73. The second kappa shape index (κ2) is 6.48. The van der Waals surface area contributed by atoms with Crippen molar-refractivity contribution in [3.05, 3.63) is 58.6 Å². The highest BCUT2D eigenvalue weighted by molar-refractivity contribution is 6.30. The van der Waals surface area contributed by atoms with E-state index in [0.29, 0.717) is 34.9 Å². The standard InChI is InChI=1S/C18H18ClN3O2/c1-3-17(2)10-23-18(24-11-17,14-8-21-12-22-9-14)16-5-4-15(19)6-13(16)7-20/h4-6,8-9,12H,3,10-11H2,1-2H3. The number of nitrogens with zero attached hydrogens (tertiary/aromatic N) is 3. The van der Waals surface area contributed by atoms with Gasteiger partial charge in [-0.3, -0.25) is 0 Å². The van der Waals surface area contributed by atoms with E-state index in [2.05, 4.69) is 29.9 Å². The minimum absolute atomic E-state index is 0.0711. The van der Waals surface area contributed by atoms with Crippen LogP contribution in [0, 0.1) is 16.7 Å². The van der Waals surface area contributed by atoms with Crippen LogP contribution in [0.1, 0.15) is 37.0 Å². The van der Waals surface area contributed by atoms with Crippen LogP contribution in [0.2, 0.25) is 5.02 Å². The van der Waals surface area contributed by atoms with Gasteiger partial charge >= 0.3 is 0 Å². The molecule has 5 nitrogen and oxygen atoms in total. The summed E-state index contributed by atoms with van der Waals surface area (Å²) in [4.78, 5) is 8.16. The summed E-state index contributed by atoms with van der Waals surface area (Å²) in [6, 6.07) is 7.28. The summed E-state index contributed by atoms with van der Waals surface area (Å²) in [6.45, 7) is 5.23. The van der Waals surface area contributed by atoms with Crippen molar-refractivity contribution >= 4 is 11.6 Å². The predicted octanol–water partition coefficient (Wildman–Crippen LogP) is 3.67. The number of benzene rings is 1. The van der Waals surface area contributed by atoms with Crippen molar-refractivity contribution < 1.29 is 9.47 Å². The zero-order valence-electron chi connectivity index (χ0n) is 13.6. The third-order valence-electron chi connectivity index (χ3n) is 4.50. The Balaban J connectivity index is 2.14. The van der Waals surface area contributed by atoms with Crippen LogP contribution in [0.5, 0.6) is 0 Å². The van der Waals surface area contributed by atoms with E-state index in [9.17, 15) is 5.26 Å². The van der Waals surface area contributed by atoms with Gasteiger partial charge in [0.05, 0.1) is 30.4 Å². The summed E-state index contributed by atoms with van der Waals surface area (Å²) in [5.74, 6) is -1.20. The van der Waals surface area contributed by atoms with Gasteiger partial charge in [-0.2, -0.15) is 5.26 Å². The van der Waals surface area contributed by atoms with Crippen LogP contribution in [-0.2, 0) is 15.3 Å². The highest BCUT2D eigenvalue weighted by atomic mass is 35.5. The van der Waals surface area contributed by atoms with Crippen molar-refractivity contribution in [1.82, 2.24) is 9.97 Å². The second-order valence-electron chi connectivity index (χ2n) is 6.29. The topological polar surface area (TPSA) is 68.0 Å². The zero-order chi connectivity index (χ0) is 17.2. The zero-order valence-corrected chi connectivity index (χ0v) is 14.4. The highest BCUT2D eigenvalue weighted by Gasteiger charge is 2.46. The van der Waals surface area contributed by atoms with E-state index in [0.717, 1.165) is 6.42 Å². The number of ether oxygens (including phenoxy) is 2. The van der Waals surface area contributed by atoms with Crippen LogP contribution >= 0.6 is 11.6 Å². The van der Waals surface area contributed by atoms with Gasteiger partial charge in [-0.1, -0.05) is 31.5 Å². The fourth-order valence-corrected chi connectivity index (χ4v) is 2.85. The molecule has 0 atom stereocenters. The van der Waals surface area contributed by atoms with E-state index in [4.69, 9.17) is 21.1 Å². The molecule has 2 aromatic rings. The first-order chi connectivity index (χ1) is 11.5. The Morgan fingerprint density at radius 1 is 1.25 bits per heavy atom. The number of hydrogen-bond donors (Lipinski definition) is 0. The quantitative estimate of drug-likeness (QED) is 0.850. The molecule has 0 amide bonds. The van der Waals surface area contributed by atoms with E-state index in [1.165, 1.54) is 6.33 Å². The van der Waals surface area contributed by atoms with E-state index >= 15 is 0 Å². The second-order valence-corrected chi connectivity index (χ2v) is 6.72. The molecule has 1 aliphatic heterocycles. The molecule has 2 heterocycles. The monoisotopic (exact) mass is 343 g/mol. The molecular formula is C18H18ClN3O2. The Morgan fingerprint density at radius 3 is 2.50 bits per heavy atom. The lowest BCUT2D eigenvalue weighted by Gasteiger charge is -2.45. The first kappa shape index (κ1) is 16.8. The van der Waals surface area contributed by atoms with Gasteiger partial charge in [0.15, 0.2) is 0 Å². The van der Waals surface area contributed by atoms with Gasteiger partial charge in [0, 0.05) is 28.4 Å². The third kappa shape index (κ3) is 2.89. The molecule has 1 aromatic heterocycles. The van der Waals surface area contributed by atoms with Crippen molar-refractivity contribution in [3.63, 3.8) is 0 Å². The van der Waals surface area contributed by atoms with Crippen LogP contribution < -0.4 is 0 Å². The van der Waals surface area contributed by atoms with Crippen molar-refractivity contribution in [3.8, 4) is 6.07 Å². The van der Waals surface area contributed by atoms with Gasteiger partial charge in [0.25, 0.3) is 0 Å². The molecule has 0 radical (unpaired) electrons. The molecule has 24 heavy (non-hydrogen) atoms. The van der Waals surface area contributed by atoms with Crippen molar-refractivity contribution in [1.29, 1.82) is 5.26 Å². The molecule has 0 spiro atoms. The van der Waals surface area contributed by atoms with Gasteiger partial charge in [0.1, 0.15) is 6.33 Å². The number of nitriles is 1. The Hall–Kier alpha value is -2.00. The normalized spacial score (nSPS) is 26.8. The summed E-state index contributed by atoms with van der Waals surface area (Å²) < 4.78 is 12.5. The number of rotatable bonds is 3. The van der Waals surface area contributed by atoms with Crippen LogP contribution in [0.15, 0.2) is 36.9 Å². The lowest BCUT2D eigenvalue weighted by atomic mass is 9.86. The Bertz CT molecular complexity index is 766. The molecular weight excluding hydrogens is 326 g/mol. The average molecular weight is 344 g/mol. The molecule has 1 saturated heterocycles. The summed E-state index contributed by atoms with van der Waals surface area (Å²) in [5, 5.41) is 10.0. The van der Waals surface area contributed by atoms with Crippen LogP contribution in [0.4, 0.5) is 0 Å². The minimum Gasteiger partial charge on any atom is -0.341 e. The van der Waals surface area contributed by atoms with Gasteiger partial charge in [-0.25, -0.2) is 9.97 Å². The van der Waals surface area contributed by atoms with E-state index in [-0.39, 0.29) is 5.41 Å². The molecule has 0 aliphatic carbocycles. The summed E-state index contributed by atoms with van der Waals surface area (Å²) in [5.41, 5.74) is 1.61. The lowest BCUT2D eigenvalue weighted by molar-refractivity contribution is -0.288. The lowest BCUT2D eigenvalue weighted by Crippen LogP contribution is -2.47. The first-order valence-electron chi connectivity index (χ1n) is 7.76. The molecule has 1 aliphatic rings. The summed E-state index contributed by atoms with van der Waals surface area (Å²) in [6.07, 6.45) is 5.68. The SMILES string of the molecule is CCC1(C)COC(c2cncnc2)(c2ccc(Cl)cc2C#N)OC1. The van der Waals surface area contributed by atoms with Gasteiger partial charge in [0.2, 0.25) is 5.79 Å². The molecule has 0 N–H and O–H groups in total. The fraction of sp³-hybridized carbons (Fsp3) is 0.389. The maximum absolute atomic E-state index is 9.53. The summed E-state index contributed by atoms with van der Waals surface area (Å²) >= 11 is 6.04. The highest BCUT2D eigenvalue weighted by Crippen LogP contribution is 2.43. The van der Waals surface area contributed by atoms with E-state index < -0.39 is 5.79 Å². The van der Waals surface area contributed by atoms with Crippen LogP contribution in [0.3, 0.4) is 0 Å². The molecule has 3 rings (SSSR count). The molecule has 0 bridgehead atoms. The predicted molar refractivity (Wildman–Crippen MR) is 89.3 cm³/mol. The van der Waals surface area contributed by atoms with Crippen molar-refractivity contribution in [2.75, 3.05) is 13.2 Å². The van der Waals surface area contributed by atoms with Gasteiger partial charge in [-0.05, 0) is 18.6 Å². The molecule has 124 valence electrons. The smallest absolute Gasteiger partial charge is 0.226 e. The molecule has 0 saturated carbocycles. The number of halogens is 1. The molecule has 6 heteroatoms. The maximum atomic E-state index is 9.53. The maximum Gasteiger partial charge on any atom is 0.226 e. The number of hydrogen-bond acceptors (Lipinski definition) is 5. The Labute approximate surface area is 146 Å². The Morgan fingerprint density at radius 2 is 1.92 bits per heavy atom. The number of aromatic nitrogens is 2. The molecule has 1 fully saturated rings. The van der Waals surface area contributed by atoms with Crippen molar-refractivity contribution in [2.45, 2.75) is 26.1 Å². The average Bonchev–Trinajstić information content (AvgIpc) is 2.63. The van der Waals surface area contributed by atoms with E-state index in [1.54, 1.807) is 30.6 Å². The van der Waals surface area contributed by atoms with Gasteiger partial charge < -0.3 is 9.47 Å². The van der Waals surface area contributed by atoms with Gasteiger partial charge in [-0.15, -0.1) is 0 Å². The minimum atomic E-state index is -1.20. The largest absolute Gasteiger partial charge is 0.341 e. The molecule has 0 unspecified atom stereocenters. The van der Waals surface area contributed by atoms with Crippen LogP contribution in [-0.4, -0.2) is 23.2 Å². The van der Waals surface area contributed by atoms with E-state index in [1.807, 2.05) is 0 Å². The molecule has 1 aromatic carbocycles. The first-order valence-corrected chi connectivity index (χ1v) is 8.14. The fourth-order valence-electron chi connectivity index (χ4n) is 2.68.